The second kappa shape index (κ2) is 5.20. The van der Waals surface area contributed by atoms with E-state index < -0.39 is 12.1 Å². The first-order valence-corrected chi connectivity index (χ1v) is 7.03. The molecular weight excluding hydrogens is 270 g/mol. The topological polar surface area (TPSA) is 69.7 Å². The minimum absolute atomic E-state index is 0.0774. The van der Waals surface area contributed by atoms with Crippen LogP contribution in [0, 0.1) is 0 Å². The van der Waals surface area contributed by atoms with Gasteiger partial charge in [-0.05, 0) is 19.1 Å². The number of carbonyl (C=O) groups excluding carboxylic acids is 3. The first-order chi connectivity index (χ1) is 10.1. The van der Waals surface area contributed by atoms with Crippen LogP contribution in [0.5, 0.6) is 0 Å². The zero-order valence-electron chi connectivity index (χ0n) is 11.8. The monoisotopic (exact) mass is 287 g/mol. The molecule has 0 radical (unpaired) electrons. The summed E-state index contributed by atoms with van der Waals surface area (Å²) >= 11 is 0. The predicted octanol–water partition coefficient (Wildman–Crippen LogP) is -0.142. The van der Waals surface area contributed by atoms with Crippen LogP contribution in [0.25, 0.3) is 0 Å². The molecule has 21 heavy (non-hydrogen) atoms. The Morgan fingerprint density at radius 1 is 1.19 bits per heavy atom. The van der Waals surface area contributed by atoms with E-state index in [9.17, 15) is 14.4 Å². The lowest BCUT2D eigenvalue weighted by atomic mass is 10.0. The van der Waals surface area contributed by atoms with Gasteiger partial charge in [-0.25, -0.2) is 0 Å². The number of amides is 3. The van der Waals surface area contributed by atoms with Crippen LogP contribution >= 0.6 is 0 Å². The Kier molecular flexibility index (Phi) is 3.37. The van der Waals surface area contributed by atoms with Crippen LogP contribution in [0.3, 0.4) is 0 Å². The molecule has 3 rings (SSSR count). The maximum absolute atomic E-state index is 12.4. The number of nitrogens with zero attached hydrogens (tertiary/aromatic N) is 2. The highest BCUT2D eigenvalue weighted by molar-refractivity contribution is 5.99. The maximum Gasteiger partial charge on any atom is 0.253 e. The average molecular weight is 287 g/mol. The van der Waals surface area contributed by atoms with E-state index in [-0.39, 0.29) is 24.3 Å². The number of fused-ring (bicyclic) bond motifs is 1. The zero-order valence-corrected chi connectivity index (χ0v) is 11.8. The molecule has 2 aliphatic heterocycles. The van der Waals surface area contributed by atoms with Gasteiger partial charge in [-0.15, -0.1) is 0 Å². The Bertz CT molecular complexity index is 587. The van der Waals surface area contributed by atoms with Gasteiger partial charge in [0.05, 0.1) is 6.54 Å². The Hall–Kier alpha value is -2.37. The van der Waals surface area contributed by atoms with Crippen molar-refractivity contribution in [1.82, 2.24) is 15.1 Å². The van der Waals surface area contributed by atoms with Crippen LogP contribution < -0.4 is 5.32 Å². The van der Waals surface area contributed by atoms with Crippen molar-refractivity contribution in [3.8, 4) is 0 Å². The summed E-state index contributed by atoms with van der Waals surface area (Å²) in [5.41, 5.74) is 0.599. The third-order valence-electron chi connectivity index (χ3n) is 4.00. The predicted molar refractivity (Wildman–Crippen MR) is 75.5 cm³/mol. The molecule has 2 aliphatic rings. The summed E-state index contributed by atoms with van der Waals surface area (Å²) in [6, 6.07) is 7.92. The van der Waals surface area contributed by atoms with Crippen LogP contribution in [-0.2, 0) is 9.59 Å². The molecule has 0 spiro atoms. The average Bonchev–Trinajstić information content (AvgIpc) is 2.52. The summed E-state index contributed by atoms with van der Waals surface area (Å²) in [4.78, 5) is 39.7. The number of hydrogen-bond donors (Lipinski definition) is 1. The number of benzene rings is 1. The lowest BCUT2D eigenvalue weighted by Gasteiger charge is -2.44. The van der Waals surface area contributed by atoms with Gasteiger partial charge in [-0.3, -0.25) is 14.4 Å². The van der Waals surface area contributed by atoms with Gasteiger partial charge >= 0.3 is 0 Å². The van der Waals surface area contributed by atoms with Crippen LogP contribution in [0.1, 0.15) is 17.3 Å². The standard InChI is InChI=1S/C15H17N3O3/c1-10-14(20)18-8-7-17(9-12(18)13(19)16-10)15(21)11-5-3-2-4-6-11/h2-6,10,12H,7-9H2,1H3,(H,16,19)/t10-,12+/m0/s1. The molecule has 0 bridgehead atoms. The molecule has 1 aromatic carbocycles. The van der Waals surface area contributed by atoms with Crippen molar-refractivity contribution >= 4 is 17.7 Å². The summed E-state index contributed by atoms with van der Waals surface area (Å²) < 4.78 is 0. The maximum atomic E-state index is 12.4. The van der Waals surface area contributed by atoms with Gasteiger partial charge in [-0.1, -0.05) is 18.2 Å². The van der Waals surface area contributed by atoms with Gasteiger partial charge in [0.25, 0.3) is 5.91 Å². The van der Waals surface area contributed by atoms with Crippen LogP contribution in [0.4, 0.5) is 0 Å². The third-order valence-corrected chi connectivity index (χ3v) is 4.00. The summed E-state index contributed by atoms with van der Waals surface area (Å²) in [7, 11) is 0. The first kappa shape index (κ1) is 13.6. The van der Waals surface area contributed by atoms with Crippen molar-refractivity contribution in [2.75, 3.05) is 19.6 Å². The molecule has 2 saturated heterocycles. The Balaban J connectivity index is 1.77. The molecule has 3 amide bonds. The smallest absolute Gasteiger partial charge is 0.253 e. The molecule has 6 nitrogen and oxygen atoms in total. The van der Waals surface area contributed by atoms with E-state index in [2.05, 4.69) is 5.32 Å². The molecule has 0 unspecified atom stereocenters. The van der Waals surface area contributed by atoms with Crippen molar-refractivity contribution < 1.29 is 14.4 Å². The molecule has 6 heteroatoms. The van der Waals surface area contributed by atoms with Crippen LogP contribution in [0.15, 0.2) is 30.3 Å². The Morgan fingerprint density at radius 2 is 1.90 bits per heavy atom. The highest BCUT2D eigenvalue weighted by atomic mass is 16.2. The number of piperazine rings is 2. The van der Waals surface area contributed by atoms with E-state index >= 15 is 0 Å². The lowest BCUT2D eigenvalue weighted by molar-refractivity contribution is -0.151. The second-order valence-electron chi connectivity index (χ2n) is 5.39. The van der Waals surface area contributed by atoms with Gasteiger partial charge in [0.1, 0.15) is 12.1 Å². The highest BCUT2D eigenvalue weighted by Gasteiger charge is 2.42. The Morgan fingerprint density at radius 3 is 2.62 bits per heavy atom. The van der Waals surface area contributed by atoms with Gasteiger partial charge in [0, 0.05) is 18.7 Å². The SMILES string of the molecule is C[C@@H]1NC(=O)[C@H]2CN(C(=O)c3ccccc3)CCN2C1=O. The molecule has 1 N–H and O–H groups in total. The molecule has 110 valence electrons. The second-order valence-corrected chi connectivity index (χ2v) is 5.39. The van der Waals surface area contributed by atoms with Crippen LogP contribution in [0.2, 0.25) is 0 Å². The van der Waals surface area contributed by atoms with Crippen molar-refractivity contribution in [3.05, 3.63) is 35.9 Å². The van der Waals surface area contributed by atoms with Gasteiger partial charge in [-0.2, -0.15) is 0 Å². The van der Waals surface area contributed by atoms with E-state index in [0.29, 0.717) is 18.7 Å². The van der Waals surface area contributed by atoms with Crippen molar-refractivity contribution in [1.29, 1.82) is 0 Å². The number of nitrogens with one attached hydrogen (secondary N) is 1. The molecule has 0 aromatic heterocycles. The molecule has 0 saturated carbocycles. The van der Waals surface area contributed by atoms with Gasteiger partial charge in [0.15, 0.2) is 0 Å². The minimum Gasteiger partial charge on any atom is -0.343 e. The van der Waals surface area contributed by atoms with E-state index in [1.165, 1.54) is 0 Å². The molecule has 2 heterocycles. The van der Waals surface area contributed by atoms with E-state index in [1.807, 2.05) is 18.2 Å². The van der Waals surface area contributed by atoms with Gasteiger partial charge in [0.2, 0.25) is 11.8 Å². The van der Waals surface area contributed by atoms with Crippen molar-refractivity contribution in [2.45, 2.75) is 19.0 Å². The molecule has 2 atom stereocenters. The summed E-state index contributed by atoms with van der Waals surface area (Å²) in [5, 5.41) is 2.66. The van der Waals surface area contributed by atoms with Gasteiger partial charge < -0.3 is 15.1 Å². The molecule has 1 aromatic rings. The lowest BCUT2D eigenvalue weighted by Crippen LogP contribution is -2.69. The normalized spacial score (nSPS) is 25.4. The Labute approximate surface area is 122 Å². The molecular formula is C15H17N3O3. The first-order valence-electron chi connectivity index (χ1n) is 7.03. The molecule has 0 aliphatic carbocycles. The highest BCUT2D eigenvalue weighted by Crippen LogP contribution is 2.17. The van der Waals surface area contributed by atoms with E-state index in [1.54, 1.807) is 28.9 Å². The fourth-order valence-corrected chi connectivity index (χ4v) is 2.84. The third kappa shape index (κ3) is 2.37. The summed E-state index contributed by atoms with van der Waals surface area (Å²) in [6.07, 6.45) is 0. The quantitative estimate of drug-likeness (QED) is 0.781. The fourth-order valence-electron chi connectivity index (χ4n) is 2.84. The number of rotatable bonds is 1. The minimum atomic E-state index is -0.574. The van der Waals surface area contributed by atoms with E-state index in [4.69, 9.17) is 0 Å². The summed E-state index contributed by atoms with van der Waals surface area (Å²) in [5.74, 6) is -0.367. The largest absolute Gasteiger partial charge is 0.343 e. The zero-order chi connectivity index (χ0) is 15.0. The summed E-state index contributed by atoms with van der Waals surface area (Å²) in [6.45, 7) is 2.78. The van der Waals surface area contributed by atoms with Crippen molar-refractivity contribution in [3.63, 3.8) is 0 Å². The number of carbonyl (C=O) groups is 3. The molecule has 2 fully saturated rings. The fraction of sp³-hybridized carbons (Fsp3) is 0.400. The van der Waals surface area contributed by atoms with Crippen molar-refractivity contribution in [2.24, 2.45) is 0 Å². The number of hydrogen-bond acceptors (Lipinski definition) is 3. The van der Waals surface area contributed by atoms with Crippen LogP contribution in [-0.4, -0.2) is 59.2 Å². The van der Waals surface area contributed by atoms with E-state index in [0.717, 1.165) is 0 Å².